The second-order valence-corrected chi connectivity index (χ2v) is 9.21. The minimum Gasteiger partial charge on any atom is -0.462 e. The van der Waals surface area contributed by atoms with Crippen molar-refractivity contribution in [3.8, 4) is 17.6 Å². The Balaban J connectivity index is 1.42. The summed E-state index contributed by atoms with van der Waals surface area (Å²) in [6, 6.07) is 4.67. The number of hydrogen-bond donors (Lipinski definition) is 2. The molecule has 2 aliphatic rings. The van der Waals surface area contributed by atoms with Crippen LogP contribution in [0.5, 0.6) is 17.6 Å². The number of H-pyrrole nitrogens is 1. The monoisotopic (exact) mass is 475 g/mol. The Hall–Kier alpha value is -3.57. The Morgan fingerprint density at radius 1 is 1.09 bits per heavy atom. The Kier molecular flexibility index (Phi) is 5.78. The molecule has 6 rings (SSSR count). The van der Waals surface area contributed by atoms with Crippen LogP contribution in [0.4, 0.5) is 5.82 Å². The number of aromatic amines is 1. The molecule has 11 heteroatoms. The van der Waals surface area contributed by atoms with Crippen LogP contribution in [0.2, 0.25) is 0 Å². The molecule has 11 nitrogen and oxygen atoms in total. The van der Waals surface area contributed by atoms with Crippen LogP contribution < -0.4 is 19.7 Å². The third kappa shape index (κ3) is 4.21. The topological polar surface area (TPSA) is 117 Å². The van der Waals surface area contributed by atoms with Gasteiger partial charge < -0.3 is 24.6 Å². The molecule has 2 aliphatic heterocycles. The Labute approximate surface area is 202 Å². The van der Waals surface area contributed by atoms with Crippen molar-refractivity contribution < 1.29 is 9.47 Å². The number of rotatable bonds is 6. The number of fused-ring (bicyclic) bond motifs is 2. The Bertz CT molecular complexity index is 1350. The van der Waals surface area contributed by atoms with E-state index in [1.54, 1.807) is 12.4 Å². The van der Waals surface area contributed by atoms with Gasteiger partial charge in [0.25, 0.3) is 5.88 Å². The van der Waals surface area contributed by atoms with Gasteiger partial charge in [0.05, 0.1) is 28.7 Å². The number of likely N-dealkylation sites (tertiary alicyclic amines) is 1. The summed E-state index contributed by atoms with van der Waals surface area (Å²) in [6.07, 6.45) is 5.76. The number of piperazine rings is 1. The van der Waals surface area contributed by atoms with Crippen LogP contribution in [-0.2, 0) is 0 Å². The van der Waals surface area contributed by atoms with Crippen LogP contribution in [0.15, 0.2) is 24.5 Å². The number of hydrogen-bond acceptors (Lipinski definition) is 10. The number of nitrogens with zero attached hydrogens (tertiary/aromatic N) is 7. The first kappa shape index (κ1) is 21.9. The van der Waals surface area contributed by atoms with Crippen molar-refractivity contribution in [3.05, 3.63) is 30.1 Å². The third-order valence-corrected chi connectivity index (χ3v) is 6.91. The summed E-state index contributed by atoms with van der Waals surface area (Å²) >= 11 is 0. The standard InChI is InChI=1S/C24H29N9O2/c1-15-5-6-19-17(12-26-30-19)21(15)35-23-20-18(13-27-31-23)22(33-10-7-25-8-11-33)29-24(28-20)34-14-16-4-3-9-32(16)2/h5-6,12-13,16,25H,3-4,7-11,14H2,1-2H3,(H,26,30)/t16-/m0/s1. The van der Waals surface area contributed by atoms with Crippen LogP contribution in [0, 0.1) is 6.92 Å². The average Bonchev–Trinajstić information content (AvgIpc) is 3.53. The van der Waals surface area contributed by atoms with Crippen molar-refractivity contribution in [2.45, 2.75) is 25.8 Å². The quantitative estimate of drug-likeness (QED) is 0.430. The van der Waals surface area contributed by atoms with Gasteiger partial charge in [0, 0.05) is 32.2 Å². The molecule has 4 aromatic rings. The summed E-state index contributed by atoms with van der Waals surface area (Å²) in [7, 11) is 2.13. The first-order chi connectivity index (χ1) is 17.2. The van der Waals surface area contributed by atoms with E-state index in [2.05, 4.69) is 42.6 Å². The van der Waals surface area contributed by atoms with Gasteiger partial charge in [0.1, 0.15) is 23.7 Å². The van der Waals surface area contributed by atoms with Crippen LogP contribution in [0.25, 0.3) is 21.8 Å². The fourth-order valence-electron chi connectivity index (χ4n) is 4.85. The zero-order chi connectivity index (χ0) is 23.8. The molecular formula is C24H29N9O2. The van der Waals surface area contributed by atoms with Gasteiger partial charge in [0.15, 0.2) is 0 Å². The van der Waals surface area contributed by atoms with Gasteiger partial charge in [-0.1, -0.05) is 6.07 Å². The van der Waals surface area contributed by atoms with E-state index in [1.165, 1.54) is 6.42 Å². The maximum atomic E-state index is 6.37. The van der Waals surface area contributed by atoms with Crippen molar-refractivity contribution in [1.82, 2.24) is 40.6 Å². The van der Waals surface area contributed by atoms with E-state index in [0.717, 1.165) is 66.8 Å². The number of benzene rings is 1. The zero-order valence-corrected chi connectivity index (χ0v) is 20.0. The van der Waals surface area contributed by atoms with E-state index >= 15 is 0 Å². The number of ether oxygens (including phenoxy) is 2. The van der Waals surface area contributed by atoms with E-state index in [0.29, 0.717) is 35.8 Å². The van der Waals surface area contributed by atoms with Crippen molar-refractivity contribution >= 4 is 27.6 Å². The van der Waals surface area contributed by atoms with Crippen molar-refractivity contribution in [3.63, 3.8) is 0 Å². The predicted octanol–water partition coefficient (Wildman–Crippen LogP) is 2.28. The van der Waals surface area contributed by atoms with Gasteiger partial charge in [-0.3, -0.25) is 5.10 Å². The number of anilines is 1. The zero-order valence-electron chi connectivity index (χ0n) is 20.0. The average molecular weight is 476 g/mol. The molecule has 182 valence electrons. The van der Waals surface area contributed by atoms with Crippen LogP contribution in [0.3, 0.4) is 0 Å². The van der Waals surface area contributed by atoms with Gasteiger partial charge >= 0.3 is 6.01 Å². The molecule has 1 atom stereocenters. The minimum atomic E-state index is 0.320. The number of aromatic nitrogens is 6. The lowest BCUT2D eigenvalue weighted by Crippen LogP contribution is -2.44. The highest BCUT2D eigenvalue weighted by molar-refractivity contribution is 5.93. The molecule has 1 aromatic carbocycles. The summed E-state index contributed by atoms with van der Waals surface area (Å²) in [5.74, 6) is 1.79. The summed E-state index contributed by atoms with van der Waals surface area (Å²) in [6.45, 7) is 7.08. The first-order valence-electron chi connectivity index (χ1n) is 12.1. The largest absolute Gasteiger partial charge is 0.462 e. The summed E-state index contributed by atoms with van der Waals surface area (Å²) in [4.78, 5) is 14.2. The highest BCUT2D eigenvalue weighted by atomic mass is 16.5. The molecule has 0 spiro atoms. The highest BCUT2D eigenvalue weighted by Crippen LogP contribution is 2.36. The molecule has 5 heterocycles. The molecule has 0 unspecified atom stereocenters. The van der Waals surface area contributed by atoms with Crippen molar-refractivity contribution in [2.75, 3.05) is 51.3 Å². The van der Waals surface area contributed by atoms with E-state index in [1.807, 2.05) is 19.1 Å². The Morgan fingerprint density at radius 2 is 1.97 bits per heavy atom. The van der Waals surface area contributed by atoms with Gasteiger partial charge in [-0.05, 0) is 45.0 Å². The minimum absolute atomic E-state index is 0.320. The van der Waals surface area contributed by atoms with Gasteiger partial charge in [-0.15, -0.1) is 5.10 Å². The lowest BCUT2D eigenvalue weighted by molar-refractivity contribution is 0.188. The van der Waals surface area contributed by atoms with E-state index in [9.17, 15) is 0 Å². The third-order valence-electron chi connectivity index (χ3n) is 6.91. The van der Waals surface area contributed by atoms with Crippen LogP contribution >= 0.6 is 0 Å². The number of aryl methyl sites for hydroxylation is 1. The normalized spacial score (nSPS) is 19.0. The molecule has 0 amide bonds. The second kappa shape index (κ2) is 9.23. The molecule has 2 fully saturated rings. The second-order valence-electron chi connectivity index (χ2n) is 9.21. The lowest BCUT2D eigenvalue weighted by Gasteiger charge is -2.29. The van der Waals surface area contributed by atoms with Crippen molar-refractivity contribution in [1.29, 1.82) is 0 Å². The van der Waals surface area contributed by atoms with E-state index in [4.69, 9.17) is 19.4 Å². The smallest absolute Gasteiger partial charge is 0.319 e. The molecule has 3 aromatic heterocycles. The first-order valence-corrected chi connectivity index (χ1v) is 12.1. The van der Waals surface area contributed by atoms with E-state index < -0.39 is 0 Å². The fourth-order valence-corrected chi connectivity index (χ4v) is 4.85. The summed E-state index contributed by atoms with van der Waals surface area (Å²) < 4.78 is 12.5. The maximum absolute atomic E-state index is 6.37. The molecule has 2 N–H and O–H groups in total. The predicted molar refractivity (Wildman–Crippen MR) is 132 cm³/mol. The number of likely N-dealkylation sites (N-methyl/N-ethyl adjacent to an activating group) is 1. The fraction of sp³-hybridized carbons (Fsp3) is 0.458. The van der Waals surface area contributed by atoms with Crippen LogP contribution in [-0.4, -0.2) is 87.7 Å². The SMILES string of the molecule is Cc1ccc2[nH]ncc2c1Oc1nncc2c(N3CCNCC3)nc(OC[C@@H]3CCCN3C)nc12. The van der Waals surface area contributed by atoms with Crippen LogP contribution in [0.1, 0.15) is 18.4 Å². The molecule has 0 saturated carbocycles. The Morgan fingerprint density at radius 3 is 2.80 bits per heavy atom. The molecule has 35 heavy (non-hydrogen) atoms. The van der Waals surface area contributed by atoms with E-state index in [-0.39, 0.29) is 0 Å². The van der Waals surface area contributed by atoms with Crippen molar-refractivity contribution in [2.24, 2.45) is 0 Å². The molecule has 0 bridgehead atoms. The number of nitrogens with one attached hydrogen (secondary N) is 2. The summed E-state index contributed by atoms with van der Waals surface area (Å²) in [5, 5.41) is 20.8. The molecular weight excluding hydrogens is 446 g/mol. The molecule has 2 saturated heterocycles. The maximum Gasteiger partial charge on any atom is 0.319 e. The van der Waals surface area contributed by atoms with Gasteiger partial charge in [0.2, 0.25) is 0 Å². The summed E-state index contributed by atoms with van der Waals surface area (Å²) in [5.41, 5.74) is 2.44. The highest BCUT2D eigenvalue weighted by Gasteiger charge is 2.24. The van der Waals surface area contributed by atoms with Gasteiger partial charge in [-0.25, -0.2) is 0 Å². The lowest BCUT2D eigenvalue weighted by atomic mass is 10.1. The molecule has 0 aliphatic carbocycles. The van der Waals surface area contributed by atoms with Gasteiger partial charge in [-0.2, -0.15) is 20.2 Å². The molecule has 0 radical (unpaired) electrons.